The van der Waals surface area contributed by atoms with Crippen LogP contribution in [0, 0.1) is 5.92 Å². The minimum Gasteiger partial charge on any atom is -0.353 e. The van der Waals surface area contributed by atoms with E-state index in [9.17, 15) is 4.79 Å². The summed E-state index contributed by atoms with van der Waals surface area (Å²) in [5.41, 5.74) is 0. The lowest BCUT2D eigenvalue weighted by Crippen LogP contribution is -2.38. The first-order valence-electron chi connectivity index (χ1n) is 5.06. The van der Waals surface area contributed by atoms with Crippen LogP contribution in [0.25, 0.3) is 0 Å². The van der Waals surface area contributed by atoms with Crippen LogP contribution in [0.1, 0.15) is 39.4 Å². The second-order valence-electron chi connectivity index (χ2n) is 4.03. The third kappa shape index (κ3) is 3.00. The summed E-state index contributed by atoms with van der Waals surface area (Å²) in [4.78, 5) is 11.7. The average molecular weight is 211 g/mol. The van der Waals surface area contributed by atoms with E-state index in [1.54, 1.807) is 6.92 Å². The van der Waals surface area contributed by atoms with Crippen LogP contribution in [-0.2, 0) is 4.79 Å². The maximum atomic E-state index is 11.7. The zero-order valence-electron chi connectivity index (χ0n) is 9.48. The van der Waals surface area contributed by atoms with Crippen LogP contribution >= 0.6 is 0 Å². The second-order valence-corrected chi connectivity index (χ2v) is 4.03. The van der Waals surface area contributed by atoms with Crippen molar-refractivity contribution in [3.8, 4) is 0 Å². The number of carbonyl (C=O) groups excluding carboxylic acids is 1. The number of H-pyrrole nitrogens is 1. The fourth-order valence-electron chi connectivity index (χ4n) is 0.986. The molecule has 0 saturated heterocycles. The van der Waals surface area contributed by atoms with E-state index >= 15 is 0 Å². The average Bonchev–Trinajstić information content (AvgIpc) is 2.68. The molecule has 1 aromatic rings. The Morgan fingerprint density at radius 1 is 1.33 bits per heavy atom. The van der Waals surface area contributed by atoms with Gasteiger partial charge in [0.05, 0.1) is 5.92 Å². The number of hydrogen-bond donors (Lipinski definition) is 2. The molecule has 2 N–H and O–H groups in total. The minimum absolute atomic E-state index is 0.0717. The predicted octanol–water partition coefficient (Wildman–Crippen LogP) is 0.464. The SMILES string of the molecule is CC(C(=O)NC(C)C(C)C)c1nn[nH]n1. The molecule has 2 atom stereocenters. The zero-order valence-corrected chi connectivity index (χ0v) is 9.48. The quantitative estimate of drug-likeness (QED) is 0.758. The molecule has 0 aliphatic rings. The van der Waals surface area contributed by atoms with Gasteiger partial charge in [0, 0.05) is 6.04 Å². The predicted molar refractivity (Wildman–Crippen MR) is 55.0 cm³/mol. The van der Waals surface area contributed by atoms with Crippen molar-refractivity contribution in [2.75, 3.05) is 0 Å². The maximum Gasteiger partial charge on any atom is 0.230 e. The van der Waals surface area contributed by atoms with E-state index < -0.39 is 0 Å². The van der Waals surface area contributed by atoms with E-state index in [-0.39, 0.29) is 17.9 Å². The number of aromatic nitrogens is 4. The molecule has 0 aliphatic carbocycles. The molecule has 0 bridgehead atoms. The van der Waals surface area contributed by atoms with Crippen LogP contribution in [0.5, 0.6) is 0 Å². The molecule has 0 spiro atoms. The molecule has 1 aromatic heterocycles. The third-order valence-electron chi connectivity index (χ3n) is 2.51. The minimum atomic E-state index is -0.370. The Kier molecular flexibility index (Phi) is 3.76. The van der Waals surface area contributed by atoms with Gasteiger partial charge in [-0.2, -0.15) is 5.21 Å². The molecule has 0 aromatic carbocycles. The van der Waals surface area contributed by atoms with Crippen molar-refractivity contribution in [2.24, 2.45) is 5.92 Å². The number of hydrogen-bond acceptors (Lipinski definition) is 4. The van der Waals surface area contributed by atoms with Gasteiger partial charge in [0.25, 0.3) is 0 Å². The number of nitrogens with zero attached hydrogens (tertiary/aromatic N) is 3. The fourth-order valence-corrected chi connectivity index (χ4v) is 0.986. The number of carbonyl (C=O) groups is 1. The van der Waals surface area contributed by atoms with E-state index in [1.165, 1.54) is 0 Å². The molecule has 84 valence electrons. The molecule has 0 radical (unpaired) electrons. The van der Waals surface area contributed by atoms with Crippen LogP contribution in [0.15, 0.2) is 0 Å². The summed E-state index contributed by atoms with van der Waals surface area (Å²) in [7, 11) is 0. The number of nitrogens with one attached hydrogen (secondary N) is 2. The maximum absolute atomic E-state index is 11.7. The van der Waals surface area contributed by atoms with Gasteiger partial charge in [-0.1, -0.05) is 19.1 Å². The molecule has 2 unspecified atom stereocenters. The Morgan fingerprint density at radius 3 is 2.47 bits per heavy atom. The Hall–Kier alpha value is -1.46. The Bertz CT molecular complexity index is 308. The van der Waals surface area contributed by atoms with Crippen LogP contribution in [0.2, 0.25) is 0 Å². The van der Waals surface area contributed by atoms with Gasteiger partial charge < -0.3 is 5.32 Å². The van der Waals surface area contributed by atoms with Crippen LogP contribution in [0.4, 0.5) is 0 Å². The second kappa shape index (κ2) is 4.86. The molecule has 0 fully saturated rings. The number of aromatic amines is 1. The number of tetrazole rings is 1. The monoisotopic (exact) mass is 211 g/mol. The molecule has 1 amide bonds. The van der Waals surface area contributed by atoms with Gasteiger partial charge in [0.15, 0.2) is 5.82 Å². The highest BCUT2D eigenvalue weighted by molar-refractivity contribution is 5.82. The summed E-state index contributed by atoms with van der Waals surface area (Å²) in [5, 5.41) is 16.2. The van der Waals surface area contributed by atoms with Crippen LogP contribution in [0.3, 0.4) is 0 Å². The zero-order chi connectivity index (χ0) is 11.4. The smallest absolute Gasteiger partial charge is 0.230 e. The van der Waals surface area contributed by atoms with Crippen molar-refractivity contribution in [1.29, 1.82) is 0 Å². The summed E-state index contributed by atoms with van der Waals surface area (Å²) in [6.07, 6.45) is 0. The van der Waals surface area contributed by atoms with Crippen molar-refractivity contribution < 1.29 is 4.79 Å². The van der Waals surface area contributed by atoms with Crippen molar-refractivity contribution >= 4 is 5.91 Å². The van der Waals surface area contributed by atoms with E-state index in [2.05, 4.69) is 39.8 Å². The van der Waals surface area contributed by atoms with Crippen molar-refractivity contribution in [3.05, 3.63) is 5.82 Å². The summed E-state index contributed by atoms with van der Waals surface area (Å²) < 4.78 is 0. The van der Waals surface area contributed by atoms with Gasteiger partial charge in [-0.05, 0) is 19.8 Å². The van der Waals surface area contributed by atoms with E-state index in [0.717, 1.165) is 0 Å². The topological polar surface area (TPSA) is 83.6 Å². The molecule has 0 aliphatic heterocycles. The highest BCUT2D eigenvalue weighted by Gasteiger charge is 2.21. The fraction of sp³-hybridized carbons (Fsp3) is 0.778. The van der Waals surface area contributed by atoms with E-state index in [0.29, 0.717) is 11.7 Å². The first-order valence-corrected chi connectivity index (χ1v) is 5.06. The van der Waals surface area contributed by atoms with Crippen molar-refractivity contribution in [3.63, 3.8) is 0 Å². The van der Waals surface area contributed by atoms with Gasteiger partial charge in [-0.25, -0.2) is 0 Å². The summed E-state index contributed by atoms with van der Waals surface area (Å²) in [6.45, 7) is 7.85. The number of amides is 1. The van der Waals surface area contributed by atoms with Crippen LogP contribution < -0.4 is 5.32 Å². The highest BCUT2D eigenvalue weighted by atomic mass is 16.2. The van der Waals surface area contributed by atoms with Gasteiger partial charge in [0.2, 0.25) is 5.91 Å². The van der Waals surface area contributed by atoms with Crippen LogP contribution in [-0.4, -0.2) is 32.6 Å². The standard InChI is InChI=1S/C9H17N5O/c1-5(2)7(4)10-9(15)6(3)8-11-13-14-12-8/h5-7H,1-4H3,(H,10,15)(H,11,12,13,14). The molecular formula is C9H17N5O. The Balaban J connectivity index is 2.54. The van der Waals surface area contributed by atoms with Crippen molar-refractivity contribution in [1.82, 2.24) is 25.9 Å². The molecule has 0 saturated carbocycles. The molecule has 1 heterocycles. The normalized spacial score (nSPS) is 15.0. The number of rotatable bonds is 4. The highest BCUT2D eigenvalue weighted by Crippen LogP contribution is 2.09. The third-order valence-corrected chi connectivity index (χ3v) is 2.51. The summed E-state index contributed by atoms with van der Waals surface area (Å²) in [6, 6.07) is 0.145. The lowest BCUT2D eigenvalue weighted by Gasteiger charge is -2.18. The van der Waals surface area contributed by atoms with Gasteiger partial charge in [-0.3, -0.25) is 4.79 Å². The summed E-state index contributed by atoms with van der Waals surface area (Å²) in [5.74, 6) is 0.387. The molecule has 6 nitrogen and oxygen atoms in total. The lowest BCUT2D eigenvalue weighted by atomic mass is 10.0. The lowest BCUT2D eigenvalue weighted by molar-refractivity contribution is -0.123. The molecular weight excluding hydrogens is 194 g/mol. The first kappa shape index (κ1) is 11.6. The van der Waals surface area contributed by atoms with E-state index in [1.807, 2.05) is 6.92 Å². The van der Waals surface area contributed by atoms with Gasteiger partial charge in [0.1, 0.15) is 0 Å². The summed E-state index contributed by atoms with van der Waals surface area (Å²) >= 11 is 0. The first-order chi connectivity index (χ1) is 7.02. The van der Waals surface area contributed by atoms with Gasteiger partial charge >= 0.3 is 0 Å². The Morgan fingerprint density at radius 2 is 2.00 bits per heavy atom. The molecule has 15 heavy (non-hydrogen) atoms. The Labute approximate surface area is 88.8 Å². The van der Waals surface area contributed by atoms with Gasteiger partial charge in [-0.15, -0.1) is 10.2 Å². The van der Waals surface area contributed by atoms with E-state index in [4.69, 9.17) is 0 Å². The molecule has 1 rings (SSSR count). The molecule has 6 heteroatoms. The largest absolute Gasteiger partial charge is 0.353 e. The van der Waals surface area contributed by atoms with Crippen molar-refractivity contribution in [2.45, 2.75) is 39.7 Å².